The fraction of sp³-hybridized carbons (Fsp3) is 0.680. The summed E-state index contributed by atoms with van der Waals surface area (Å²) in [5, 5.41) is 7.81. The molecule has 1 atom stereocenters. The molecule has 1 aromatic heterocycles. The van der Waals surface area contributed by atoms with E-state index in [0.29, 0.717) is 43.9 Å². The maximum atomic E-state index is 13.7. The zero-order chi connectivity index (χ0) is 27.7. The molecule has 2 N–H and O–H groups in total. The van der Waals surface area contributed by atoms with Gasteiger partial charge in [-0.05, 0) is 18.2 Å². The maximum Gasteiger partial charge on any atom is 0.241 e. The van der Waals surface area contributed by atoms with E-state index in [4.69, 9.17) is 9.47 Å². The zero-order valence-electron chi connectivity index (χ0n) is 22.9. The minimum atomic E-state index is -4.06. The van der Waals surface area contributed by atoms with Crippen LogP contribution in [0, 0.1) is 5.92 Å². The Labute approximate surface area is 225 Å². The number of H-pyrrole nitrogens is 1. The van der Waals surface area contributed by atoms with Gasteiger partial charge in [-0.25, -0.2) is 12.8 Å². The Bertz CT molecular complexity index is 1230. The first kappa shape index (κ1) is 29.1. The molecule has 2 aliphatic rings. The van der Waals surface area contributed by atoms with Gasteiger partial charge in [-0.15, -0.1) is 0 Å². The predicted molar refractivity (Wildman–Crippen MR) is 146 cm³/mol. The third kappa shape index (κ3) is 6.45. The summed E-state index contributed by atoms with van der Waals surface area (Å²) in [6, 6.07) is 4.07. The van der Waals surface area contributed by atoms with Crippen LogP contribution in [0.5, 0.6) is 0 Å². The van der Waals surface area contributed by atoms with Crippen molar-refractivity contribution in [3.05, 3.63) is 23.9 Å². The van der Waals surface area contributed by atoms with Crippen molar-refractivity contribution >= 4 is 34.9 Å². The number of amides is 1. The highest BCUT2D eigenvalue weighted by Gasteiger charge is 2.43. The Balaban J connectivity index is 1.67. The van der Waals surface area contributed by atoms with E-state index in [-0.39, 0.29) is 29.9 Å². The van der Waals surface area contributed by atoms with Gasteiger partial charge < -0.3 is 14.4 Å². The summed E-state index contributed by atoms with van der Waals surface area (Å²) in [5.74, 6) is 0.0537. The summed E-state index contributed by atoms with van der Waals surface area (Å²) in [6.07, 6.45) is 1.14. The number of nitrogens with one attached hydrogen (secondary N) is 2. The molecule has 2 fully saturated rings. The van der Waals surface area contributed by atoms with Gasteiger partial charge in [-0.2, -0.15) is 9.82 Å². The standard InChI is InChI=1S/C25H40FN5O5SSi/c1-18(2)23(32)30-6-8-31(9-7-30)24(36-10-11-38(3,4)5)20-12-19(13-22-21(20)14-27-28-22)37(33,34)29-25(15-26)16-35-17-25/h12-14,18,24,29H,6-11,15-17H2,1-5H3,(H,27,28). The molecule has 0 bridgehead atoms. The van der Waals surface area contributed by atoms with E-state index in [1.165, 1.54) is 6.07 Å². The first-order valence-electron chi connectivity index (χ1n) is 13.1. The van der Waals surface area contributed by atoms with Crippen molar-refractivity contribution in [1.29, 1.82) is 0 Å². The fourth-order valence-corrected chi connectivity index (χ4v) is 6.82. The van der Waals surface area contributed by atoms with Crippen LogP contribution in [0.15, 0.2) is 23.2 Å². The van der Waals surface area contributed by atoms with Crippen molar-refractivity contribution in [2.45, 2.75) is 56.2 Å². The number of benzene rings is 1. The van der Waals surface area contributed by atoms with Gasteiger partial charge in [0.1, 0.15) is 18.4 Å². The van der Waals surface area contributed by atoms with E-state index in [9.17, 15) is 17.6 Å². The number of piperazine rings is 1. The summed E-state index contributed by atoms with van der Waals surface area (Å²) in [4.78, 5) is 16.6. The molecule has 2 aromatic rings. The first-order valence-corrected chi connectivity index (χ1v) is 18.3. The second kappa shape index (κ2) is 11.3. The number of nitrogens with zero attached hydrogens (tertiary/aromatic N) is 3. The molecule has 3 heterocycles. The lowest BCUT2D eigenvalue weighted by Gasteiger charge is -2.40. The van der Waals surface area contributed by atoms with Crippen molar-refractivity contribution in [1.82, 2.24) is 24.7 Å². The van der Waals surface area contributed by atoms with Crippen molar-refractivity contribution in [2.24, 2.45) is 5.92 Å². The molecule has 1 aromatic carbocycles. The molecule has 1 amide bonds. The lowest BCUT2D eigenvalue weighted by molar-refractivity contribution is -0.139. The van der Waals surface area contributed by atoms with Crippen LogP contribution < -0.4 is 4.72 Å². The van der Waals surface area contributed by atoms with Gasteiger partial charge in [0.05, 0.1) is 29.8 Å². The quantitative estimate of drug-likeness (QED) is 0.400. The highest BCUT2D eigenvalue weighted by Crippen LogP contribution is 2.33. The van der Waals surface area contributed by atoms with Gasteiger partial charge >= 0.3 is 0 Å². The second-order valence-corrected chi connectivity index (χ2v) is 19.2. The summed E-state index contributed by atoms with van der Waals surface area (Å²) >= 11 is 0. The topological polar surface area (TPSA) is 117 Å². The normalized spacial score (nSPS) is 19.6. The lowest BCUT2D eigenvalue weighted by atomic mass is 10.0. The zero-order valence-corrected chi connectivity index (χ0v) is 24.7. The van der Waals surface area contributed by atoms with Crippen LogP contribution in [0.1, 0.15) is 25.6 Å². The molecule has 10 nitrogen and oxygen atoms in total. The van der Waals surface area contributed by atoms with Crippen molar-refractivity contribution < 1.29 is 27.1 Å². The van der Waals surface area contributed by atoms with E-state index < -0.39 is 36.5 Å². The average Bonchev–Trinajstić information content (AvgIpc) is 3.32. The molecule has 1 unspecified atom stereocenters. The number of hydrogen-bond acceptors (Lipinski definition) is 7. The number of alkyl halides is 1. The van der Waals surface area contributed by atoms with Gasteiger partial charge in [-0.1, -0.05) is 33.5 Å². The van der Waals surface area contributed by atoms with Crippen molar-refractivity contribution in [3.8, 4) is 0 Å². The molecule has 38 heavy (non-hydrogen) atoms. The van der Waals surface area contributed by atoms with Gasteiger partial charge in [-0.3, -0.25) is 14.8 Å². The molecule has 2 saturated heterocycles. The Hall–Kier alpha value is -1.90. The second-order valence-electron chi connectivity index (χ2n) is 11.9. The number of aromatic amines is 1. The number of fused-ring (bicyclic) bond motifs is 1. The minimum absolute atomic E-state index is 0.0102. The Morgan fingerprint density at radius 2 is 1.92 bits per heavy atom. The van der Waals surface area contributed by atoms with E-state index >= 15 is 0 Å². The highest BCUT2D eigenvalue weighted by molar-refractivity contribution is 7.89. The number of sulfonamides is 1. The molecule has 212 valence electrons. The van der Waals surface area contributed by atoms with Crippen molar-refractivity contribution in [3.63, 3.8) is 0 Å². The molecule has 0 radical (unpaired) electrons. The summed E-state index contributed by atoms with van der Waals surface area (Å²) in [7, 11) is -5.45. The molecule has 13 heteroatoms. The molecule has 0 saturated carbocycles. The minimum Gasteiger partial charge on any atom is -0.377 e. The Morgan fingerprint density at radius 1 is 1.24 bits per heavy atom. The van der Waals surface area contributed by atoms with Gasteiger partial charge in [0.2, 0.25) is 15.9 Å². The molecular weight excluding hydrogens is 529 g/mol. The van der Waals surface area contributed by atoms with Crippen molar-refractivity contribution in [2.75, 3.05) is 52.7 Å². The van der Waals surface area contributed by atoms with Crippen LogP contribution in [-0.4, -0.2) is 101 Å². The molecule has 2 aliphatic heterocycles. The van der Waals surface area contributed by atoms with Crippen LogP contribution in [0.2, 0.25) is 25.7 Å². The number of rotatable bonds is 11. The molecule has 0 aliphatic carbocycles. The largest absolute Gasteiger partial charge is 0.377 e. The number of hydrogen-bond donors (Lipinski definition) is 2. The summed E-state index contributed by atoms with van der Waals surface area (Å²) in [6.45, 7) is 12.6. The van der Waals surface area contributed by atoms with Crippen LogP contribution in [0.4, 0.5) is 4.39 Å². The number of halogens is 1. The Morgan fingerprint density at radius 3 is 2.47 bits per heavy atom. The summed E-state index contributed by atoms with van der Waals surface area (Å²) < 4.78 is 54.6. The van der Waals surface area contributed by atoms with Gasteiger partial charge in [0.15, 0.2) is 0 Å². The van der Waals surface area contributed by atoms with Crippen LogP contribution in [-0.2, 0) is 24.3 Å². The smallest absolute Gasteiger partial charge is 0.241 e. The molecule has 4 rings (SSSR count). The number of carbonyl (C=O) groups is 1. The predicted octanol–water partition coefficient (Wildman–Crippen LogP) is 2.73. The monoisotopic (exact) mass is 569 g/mol. The maximum absolute atomic E-state index is 13.7. The van der Waals surface area contributed by atoms with Crippen LogP contribution in [0.25, 0.3) is 10.9 Å². The van der Waals surface area contributed by atoms with Crippen LogP contribution in [0.3, 0.4) is 0 Å². The van der Waals surface area contributed by atoms with E-state index in [1.54, 1.807) is 12.3 Å². The third-order valence-corrected chi connectivity index (χ3v) is 10.3. The average molecular weight is 570 g/mol. The summed E-state index contributed by atoms with van der Waals surface area (Å²) in [5.41, 5.74) is -0.0153. The molecule has 0 spiro atoms. The lowest BCUT2D eigenvalue weighted by Crippen LogP contribution is -2.63. The number of carbonyl (C=O) groups excluding carboxylic acids is 1. The number of aromatic nitrogens is 2. The molecular formula is C25H40FN5O5SSi. The van der Waals surface area contributed by atoms with Gasteiger partial charge in [0, 0.05) is 57.7 Å². The highest BCUT2D eigenvalue weighted by atomic mass is 32.2. The fourth-order valence-electron chi connectivity index (χ4n) is 4.68. The first-order chi connectivity index (χ1) is 17.8. The SMILES string of the molecule is CC(C)C(=O)N1CCN(C(OCC[Si](C)(C)C)c2cc(S(=O)(=O)NC3(CF)COC3)cc3[nH]ncc23)CC1. The number of ether oxygens (including phenoxy) is 2. The third-order valence-electron chi connectivity index (χ3n) is 7.08. The van der Waals surface area contributed by atoms with E-state index in [2.05, 4.69) is 39.5 Å². The van der Waals surface area contributed by atoms with Crippen LogP contribution >= 0.6 is 0 Å². The van der Waals surface area contributed by atoms with E-state index in [0.717, 1.165) is 11.4 Å². The Kier molecular flexibility index (Phi) is 8.65. The van der Waals surface area contributed by atoms with E-state index in [1.807, 2.05) is 18.7 Å². The van der Waals surface area contributed by atoms with Gasteiger partial charge in [0.25, 0.3) is 0 Å².